The molecule has 2 fully saturated rings. The normalized spacial score (nSPS) is 18.7. The van der Waals surface area contributed by atoms with Gasteiger partial charge in [0.05, 0.1) is 11.4 Å². The van der Waals surface area contributed by atoms with Crippen LogP contribution in [0, 0.1) is 5.92 Å². The minimum Gasteiger partial charge on any atom is -0.371 e. The maximum atomic E-state index is 12.7. The smallest absolute Gasteiger partial charge is 0.255 e. The van der Waals surface area contributed by atoms with Crippen LogP contribution in [-0.4, -0.2) is 45.6 Å². The zero-order valence-corrected chi connectivity index (χ0v) is 18.0. The summed E-state index contributed by atoms with van der Waals surface area (Å²) in [4.78, 5) is 26.2. The van der Waals surface area contributed by atoms with E-state index in [1.807, 2.05) is 24.3 Å². The Morgan fingerprint density at radius 1 is 0.968 bits per heavy atom. The summed E-state index contributed by atoms with van der Waals surface area (Å²) in [6.45, 7) is 1.97. The monoisotopic (exact) mass is 442 g/mol. The average molecular weight is 443 g/mol. The zero-order chi connectivity index (χ0) is 22.0. The Hall–Kier alpha value is -3.07. The lowest BCUT2D eigenvalue weighted by atomic mass is 9.96. The average Bonchev–Trinajstić information content (AvgIpc) is 3.13. The van der Waals surface area contributed by atoms with Crippen molar-refractivity contribution in [3.05, 3.63) is 54.1 Å². The summed E-state index contributed by atoms with van der Waals surface area (Å²) in [7, 11) is -3.29. The number of amides is 2. The van der Waals surface area contributed by atoms with Crippen molar-refractivity contribution in [1.82, 2.24) is 0 Å². The van der Waals surface area contributed by atoms with E-state index in [2.05, 4.69) is 10.2 Å². The van der Waals surface area contributed by atoms with Crippen molar-refractivity contribution in [2.75, 3.05) is 39.9 Å². The lowest BCUT2D eigenvalue weighted by Gasteiger charge is -2.32. The van der Waals surface area contributed by atoms with Crippen LogP contribution in [0.5, 0.6) is 0 Å². The lowest BCUT2D eigenvalue weighted by molar-refractivity contribution is -0.122. The first-order chi connectivity index (χ1) is 14.8. The van der Waals surface area contributed by atoms with Crippen molar-refractivity contribution >= 4 is 38.9 Å². The molecule has 2 aliphatic rings. The molecule has 2 aromatic rings. The van der Waals surface area contributed by atoms with Crippen molar-refractivity contribution in [3.8, 4) is 0 Å². The summed E-state index contributed by atoms with van der Waals surface area (Å²) in [5.74, 6) is -0.450. The van der Waals surface area contributed by atoms with Gasteiger partial charge in [-0.1, -0.05) is 6.07 Å². The molecule has 0 aromatic heterocycles. The molecule has 4 rings (SSSR count). The van der Waals surface area contributed by atoms with Crippen LogP contribution < -0.4 is 20.3 Å². The predicted molar refractivity (Wildman–Crippen MR) is 121 cm³/mol. The van der Waals surface area contributed by atoms with Crippen LogP contribution >= 0.6 is 0 Å². The number of benzene rings is 2. The van der Waals surface area contributed by atoms with Gasteiger partial charge in [0, 0.05) is 42.5 Å². The van der Waals surface area contributed by atoms with Gasteiger partial charge in [-0.3, -0.25) is 13.9 Å². The molecule has 2 aromatic carbocycles. The van der Waals surface area contributed by atoms with Crippen molar-refractivity contribution in [1.29, 1.82) is 0 Å². The predicted octanol–water partition coefficient (Wildman–Crippen LogP) is 2.18. The molecule has 2 saturated heterocycles. The highest BCUT2D eigenvalue weighted by Crippen LogP contribution is 2.26. The quantitative estimate of drug-likeness (QED) is 0.737. The second kappa shape index (κ2) is 8.58. The summed E-state index contributed by atoms with van der Waals surface area (Å²) in [6.07, 6.45) is 2.08. The fourth-order valence-electron chi connectivity index (χ4n) is 4.11. The minimum absolute atomic E-state index is 0.0545. The second-order valence-electron chi connectivity index (χ2n) is 7.96. The largest absolute Gasteiger partial charge is 0.371 e. The van der Waals surface area contributed by atoms with E-state index in [4.69, 9.17) is 5.73 Å². The molecule has 2 heterocycles. The van der Waals surface area contributed by atoms with E-state index in [0.29, 0.717) is 29.9 Å². The van der Waals surface area contributed by atoms with E-state index in [1.54, 1.807) is 24.3 Å². The standard InChI is InChI=1S/C22H26N4O4S/c23-21(27)16-9-12-25(13-10-16)19-7-5-18(6-8-19)24-22(28)17-3-1-4-20(15-17)26-11-2-14-31(26,29)30/h1,3-8,15-16H,2,9-14H2,(H2,23,27)(H,24,28). The molecule has 2 amide bonds. The van der Waals surface area contributed by atoms with Gasteiger partial charge >= 0.3 is 0 Å². The molecule has 31 heavy (non-hydrogen) atoms. The van der Waals surface area contributed by atoms with E-state index in [0.717, 1.165) is 31.6 Å². The van der Waals surface area contributed by atoms with Crippen LogP contribution in [0.25, 0.3) is 0 Å². The lowest BCUT2D eigenvalue weighted by Crippen LogP contribution is -2.38. The number of nitrogens with one attached hydrogen (secondary N) is 1. The molecule has 0 bridgehead atoms. The number of hydrogen-bond acceptors (Lipinski definition) is 5. The first-order valence-electron chi connectivity index (χ1n) is 10.4. The van der Waals surface area contributed by atoms with Gasteiger partial charge in [0.1, 0.15) is 0 Å². The molecule has 2 aliphatic heterocycles. The van der Waals surface area contributed by atoms with E-state index in [1.165, 1.54) is 4.31 Å². The van der Waals surface area contributed by atoms with Crippen molar-refractivity contribution in [2.24, 2.45) is 11.7 Å². The van der Waals surface area contributed by atoms with Crippen LogP contribution in [-0.2, 0) is 14.8 Å². The Kier molecular flexibility index (Phi) is 5.86. The van der Waals surface area contributed by atoms with Crippen LogP contribution in [0.4, 0.5) is 17.1 Å². The number of carbonyl (C=O) groups is 2. The van der Waals surface area contributed by atoms with Crippen LogP contribution in [0.1, 0.15) is 29.6 Å². The SMILES string of the molecule is NC(=O)C1CCN(c2ccc(NC(=O)c3cccc(N4CCCS4(=O)=O)c3)cc2)CC1. The fourth-order valence-corrected chi connectivity index (χ4v) is 5.67. The van der Waals surface area contributed by atoms with Crippen molar-refractivity contribution < 1.29 is 18.0 Å². The minimum atomic E-state index is -3.29. The molecule has 0 spiro atoms. The van der Waals surface area contributed by atoms with Crippen LogP contribution in [0.2, 0.25) is 0 Å². The highest BCUT2D eigenvalue weighted by Gasteiger charge is 2.28. The van der Waals surface area contributed by atoms with Crippen LogP contribution in [0.3, 0.4) is 0 Å². The van der Waals surface area contributed by atoms with Gasteiger partial charge in [-0.15, -0.1) is 0 Å². The number of rotatable bonds is 5. The van der Waals surface area contributed by atoms with E-state index in [9.17, 15) is 18.0 Å². The third kappa shape index (κ3) is 4.66. The molecule has 164 valence electrons. The maximum absolute atomic E-state index is 12.7. The molecule has 9 heteroatoms. The zero-order valence-electron chi connectivity index (χ0n) is 17.2. The number of anilines is 3. The molecule has 0 saturated carbocycles. The molecule has 0 unspecified atom stereocenters. The summed E-state index contributed by atoms with van der Waals surface area (Å²) in [6, 6.07) is 14.2. The first kappa shape index (κ1) is 21.2. The highest BCUT2D eigenvalue weighted by molar-refractivity contribution is 7.93. The Labute approximate surface area is 182 Å². The molecule has 3 N–H and O–H groups in total. The Bertz CT molecular complexity index is 1080. The number of primary amides is 1. The molecular weight excluding hydrogens is 416 g/mol. The Balaban J connectivity index is 1.40. The molecule has 0 atom stereocenters. The number of hydrogen-bond donors (Lipinski definition) is 2. The van der Waals surface area contributed by atoms with E-state index >= 15 is 0 Å². The topological polar surface area (TPSA) is 113 Å². The number of nitrogens with two attached hydrogens (primary N) is 1. The third-order valence-electron chi connectivity index (χ3n) is 5.88. The van der Waals surface area contributed by atoms with Crippen molar-refractivity contribution in [3.63, 3.8) is 0 Å². The van der Waals surface area contributed by atoms with Gasteiger partial charge in [0.2, 0.25) is 15.9 Å². The number of piperidine rings is 1. The number of carbonyl (C=O) groups excluding carboxylic acids is 2. The number of sulfonamides is 1. The summed E-state index contributed by atoms with van der Waals surface area (Å²) in [5.41, 5.74) is 7.99. The van der Waals surface area contributed by atoms with Gasteiger partial charge in [0.25, 0.3) is 5.91 Å². The molecular formula is C22H26N4O4S. The summed E-state index contributed by atoms with van der Waals surface area (Å²) >= 11 is 0. The fraction of sp³-hybridized carbons (Fsp3) is 0.364. The first-order valence-corrected chi connectivity index (χ1v) is 12.0. The molecule has 0 radical (unpaired) electrons. The van der Waals surface area contributed by atoms with Gasteiger partial charge in [-0.05, 0) is 61.7 Å². The molecule has 8 nitrogen and oxygen atoms in total. The summed E-state index contributed by atoms with van der Waals surface area (Å²) < 4.78 is 25.7. The highest BCUT2D eigenvalue weighted by atomic mass is 32.2. The van der Waals surface area contributed by atoms with Gasteiger partial charge < -0.3 is 16.0 Å². The maximum Gasteiger partial charge on any atom is 0.255 e. The van der Waals surface area contributed by atoms with E-state index < -0.39 is 10.0 Å². The third-order valence-corrected chi connectivity index (χ3v) is 7.75. The Morgan fingerprint density at radius 3 is 2.29 bits per heavy atom. The molecule has 0 aliphatic carbocycles. The van der Waals surface area contributed by atoms with Gasteiger partial charge in [-0.2, -0.15) is 0 Å². The van der Waals surface area contributed by atoms with Gasteiger partial charge in [-0.25, -0.2) is 8.42 Å². The number of nitrogens with zero attached hydrogens (tertiary/aromatic N) is 2. The van der Waals surface area contributed by atoms with E-state index in [-0.39, 0.29) is 23.5 Å². The summed E-state index contributed by atoms with van der Waals surface area (Å²) in [5, 5.41) is 2.86. The van der Waals surface area contributed by atoms with Crippen molar-refractivity contribution in [2.45, 2.75) is 19.3 Å². The van der Waals surface area contributed by atoms with Crippen LogP contribution in [0.15, 0.2) is 48.5 Å². The van der Waals surface area contributed by atoms with Gasteiger partial charge in [0.15, 0.2) is 0 Å². The second-order valence-corrected chi connectivity index (χ2v) is 9.97. The Morgan fingerprint density at radius 2 is 1.68 bits per heavy atom.